The van der Waals surface area contributed by atoms with Gasteiger partial charge < -0.3 is 5.32 Å². The van der Waals surface area contributed by atoms with Crippen molar-refractivity contribution in [3.8, 4) is 0 Å². The molecule has 1 saturated heterocycles. The zero-order valence-electron chi connectivity index (χ0n) is 12.0. The highest BCUT2D eigenvalue weighted by atomic mass is 32.2. The molecule has 0 aliphatic carbocycles. The third-order valence-corrected chi connectivity index (χ3v) is 6.89. The second-order valence-corrected chi connectivity index (χ2v) is 9.16. The first kappa shape index (κ1) is 16.4. The number of sulfone groups is 1. The predicted molar refractivity (Wildman–Crippen MR) is 78.1 cm³/mol. The summed E-state index contributed by atoms with van der Waals surface area (Å²) in [7, 11) is -5.02. The SMILES string of the molecule is CNCc1n[nH]c(C)c1S(=O)(=O)NC1CCS(=O)(=O)CC1. The largest absolute Gasteiger partial charge is 0.314 e. The molecule has 10 heteroatoms. The van der Waals surface area contributed by atoms with Crippen molar-refractivity contribution in [3.63, 3.8) is 0 Å². The molecule has 0 radical (unpaired) electrons. The molecule has 1 aromatic heterocycles. The summed E-state index contributed by atoms with van der Waals surface area (Å²) in [5.74, 6) is 0.0435. The Hall–Kier alpha value is -0.970. The van der Waals surface area contributed by atoms with E-state index in [1.165, 1.54) is 0 Å². The van der Waals surface area contributed by atoms with Crippen LogP contribution in [0.5, 0.6) is 0 Å². The normalized spacial score (nSPS) is 19.7. The number of aromatic nitrogens is 2. The minimum Gasteiger partial charge on any atom is -0.314 e. The molecule has 1 aromatic rings. The van der Waals surface area contributed by atoms with Gasteiger partial charge in [-0.1, -0.05) is 0 Å². The summed E-state index contributed by atoms with van der Waals surface area (Å²) in [6, 6.07) is -0.352. The molecule has 8 nitrogen and oxygen atoms in total. The van der Waals surface area contributed by atoms with Gasteiger partial charge in [0, 0.05) is 12.6 Å². The van der Waals surface area contributed by atoms with E-state index >= 15 is 0 Å². The average Bonchev–Trinajstić information content (AvgIpc) is 2.74. The molecule has 2 rings (SSSR count). The number of sulfonamides is 1. The zero-order chi connectivity index (χ0) is 15.7. The Morgan fingerprint density at radius 1 is 1.33 bits per heavy atom. The topological polar surface area (TPSA) is 121 Å². The van der Waals surface area contributed by atoms with Gasteiger partial charge in [-0.3, -0.25) is 5.10 Å². The summed E-state index contributed by atoms with van der Waals surface area (Å²) in [6.45, 7) is 1.98. The lowest BCUT2D eigenvalue weighted by atomic mass is 10.2. The fourth-order valence-electron chi connectivity index (χ4n) is 2.40. The van der Waals surface area contributed by atoms with Crippen molar-refractivity contribution >= 4 is 19.9 Å². The van der Waals surface area contributed by atoms with Crippen molar-refractivity contribution in [2.75, 3.05) is 18.6 Å². The second-order valence-electron chi connectivity index (χ2n) is 5.20. The van der Waals surface area contributed by atoms with E-state index in [4.69, 9.17) is 0 Å². The third kappa shape index (κ3) is 3.82. The standard InChI is InChI=1S/C11H20N4O4S2/c1-8-11(10(7-12-2)14-13-8)21(18,19)15-9-3-5-20(16,17)6-4-9/h9,12,15H,3-7H2,1-2H3,(H,13,14). The van der Waals surface area contributed by atoms with Crippen LogP contribution in [0.2, 0.25) is 0 Å². The average molecular weight is 336 g/mol. The van der Waals surface area contributed by atoms with Crippen LogP contribution >= 0.6 is 0 Å². The number of aryl methyl sites for hydroxylation is 1. The first-order chi connectivity index (χ1) is 9.75. The van der Waals surface area contributed by atoms with E-state index in [-0.39, 0.29) is 22.4 Å². The minimum atomic E-state index is -3.72. The number of nitrogens with one attached hydrogen (secondary N) is 3. The predicted octanol–water partition coefficient (Wildman–Crippen LogP) is -0.707. The van der Waals surface area contributed by atoms with E-state index in [0.29, 0.717) is 30.8 Å². The Morgan fingerprint density at radius 2 is 1.95 bits per heavy atom. The molecular weight excluding hydrogens is 316 g/mol. The Morgan fingerprint density at radius 3 is 2.52 bits per heavy atom. The maximum Gasteiger partial charge on any atom is 0.244 e. The lowest BCUT2D eigenvalue weighted by Gasteiger charge is -2.23. The van der Waals surface area contributed by atoms with Gasteiger partial charge >= 0.3 is 0 Å². The molecule has 0 unspecified atom stereocenters. The number of H-pyrrole nitrogens is 1. The number of hydrogen-bond donors (Lipinski definition) is 3. The summed E-state index contributed by atoms with van der Waals surface area (Å²) >= 11 is 0. The van der Waals surface area contributed by atoms with Crippen LogP contribution in [0.4, 0.5) is 0 Å². The highest BCUT2D eigenvalue weighted by molar-refractivity contribution is 7.91. The molecule has 3 N–H and O–H groups in total. The van der Waals surface area contributed by atoms with Gasteiger partial charge in [-0.25, -0.2) is 21.6 Å². The Kier molecular flexibility index (Phi) is 4.71. The van der Waals surface area contributed by atoms with Gasteiger partial charge in [0.05, 0.1) is 22.9 Å². The molecule has 1 fully saturated rings. The lowest BCUT2D eigenvalue weighted by Crippen LogP contribution is -2.41. The lowest BCUT2D eigenvalue weighted by molar-refractivity contribution is 0.504. The van der Waals surface area contributed by atoms with Crippen molar-refractivity contribution in [2.24, 2.45) is 0 Å². The number of aromatic amines is 1. The van der Waals surface area contributed by atoms with Crippen LogP contribution in [0.15, 0.2) is 4.90 Å². The minimum absolute atomic E-state index is 0.0218. The summed E-state index contributed by atoms with van der Waals surface area (Å²) in [6.07, 6.45) is 0.611. The van der Waals surface area contributed by atoms with E-state index in [9.17, 15) is 16.8 Å². The Labute approximate surface area is 124 Å². The van der Waals surface area contributed by atoms with Gasteiger partial charge in [0.1, 0.15) is 14.7 Å². The molecule has 0 bridgehead atoms. The van der Waals surface area contributed by atoms with Crippen LogP contribution in [0.25, 0.3) is 0 Å². The van der Waals surface area contributed by atoms with Crippen molar-refractivity contribution in [2.45, 2.75) is 37.2 Å². The van der Waals surface area contributed by atoms with Crippen molar-refractivity contribution < 1.29 is 16.8 Å². The first-order valence-electron chi connectivity index (χ1n) is 6.66. The monoisotopic (exact) mass is 336 g/mol. The third-order valence-electron chi connectivity index (χ3n) is 3.45. The number of rotatable bonds is 5. The summed E-state index contributed by atoms with van der Waals surface area (Å²) in [5.41, 5.74) is 0.891. The van der Waals surface area contributed by atoms with Gasteiger partial charge in [0.25, 0.3) is 0 Å². The number of hydrogen-bond acceptors (Lipinski definition) is 6. The summed E-state index contributed by atoms with van der Waals surface area (Å²) in [5, 5.41) is 9.53. The van der Waals surface area contributed by atoms with Gasteiger partial charge in [0.15, 0.2) is 0 Å². The fraction of sp³-hybridized carbons (Fsp3) is 0.727. The van der Waals surface area contributed by atoms with E-state index in [1.54, 1.807) is 14.0 Å². The van der Waals surface area contributed by atoms with Crippen molar-refractivity contribution in [3.05, 3.63) is 11.4 Å². The van der Waals surface area contributed by atoms with Gasteiger partial charge in [0.2, 0.25) is 10.0 Å². The fourth-order valence-corrected chi connectivity index (χ4v) is 5.56. The molecule has 0 aromatic carbocycles. The zero-order valence-corrected chi connectivity index (χ0v) is 13.6. The van der Waals surface area contributed by atoms with Crippen LogP contribution in [-0.2, 0) is 26.4 Å². The van der Waals surface area contributed by atoms with Crippen LogP contribution in [0, 0.1) is 6.92 Å². The van der Waals surface area contributed by atoms with Gasteiger partial charge in [-0.2, -0.15) is 5.10 Å². The second kappa shape index (κ2) is 6.03. The molecular formula is C11H20N4O4S2. The maximum atomic E-state index is 12.5. The van der Waals surface area contributed by atoms with Crippen LogP contribution in [-0.4, -0.2) is 51.6 Å². The van der Waals surface area contributed by atoms with Gasteiger partial charge in [-0.15, -0.1) is 0 Å². The van der Waals surface area contributed by atoms with Crippen LogP contribution in [0.1, 0.15) is 24.2 Å². The quantitative estimate of drug-likeness (QED) is 0.653. The molecule has 0 saturated carbocycles. The maximum absolute atomic E-state index is 12.5. The van der Waals surface area contributed by atoms with E-state index in [2.05, 4.69) is 20.2 Å². The van der Waals surface area contributed by atoms with Crippen molar-refractivity contribution in [1.29, 1.82) is 0 Å². The summed E-state index contributed by atoms with van der Waals surface area (Å²) < 4.78 is 50.3. The molecule has 0 atom stereocenters. The van der Waals surface area contributed by atoms with E-state index < -0.39 is 19.9 Å². The molecule has 1 aliphatic heterocycles. The first-order valence-corrected chi connectivity index (χ1v) is 9.97. The van der Waals surface area contributed by atoms with Crippen molar-refractivity contribution in [1.82, 2.24) is 20.2 Å². The molecule has 0 amide bonds. The summed E-state index contributed by atoms with van der Waals surface area (Å²) in [4.78, 5) is 0.144. The molecule has 1 aliphatic rings. The Bertz CT molecular complexity index is 695. The highest BCUT2D eigenvalue weighted by Gasteiger charge is 2.30. The molecule has 0 spiro atoms. The van der Waals surface area contributed by atoms with Gasteiger partial charge in [-0.05, 0) is 26.8 Å². The van der Waals surface area contributed by atoms with E-state index in [0.717, 1.165) is 0 Å². The molecule has 2 heterocycles. The smallest absolute Gasteiger partial charge is 0.244 e. The molecule has 120 valence electrons. The number of nitrogens with zero attached hydrogens (tertiary/aromatic N) is 1. The van der Waals surface area contributed by atoms with Crippen LogP contribution in [0.3, 0.4) is 0 Å². The highest BCUT2D eigenvalue weighted by Crippen LogP contribution is 2.20. The van der Waals surface area contributed by atoms with E-state index in [1.807, 2.05) is 0 Å². The van der Waals surface area contributed by atoms with Crippen LogP contribution < -0.4 is 10.0 Å². The Balaban J connectivity index is 2.18. The molecule has 21 heavy (non-hydrogen) atoms.